The molecule has 2 heterocycles. The van der Waals surface area contributed by atoms with Gasteiger partial charge >= 0.3 is 0 Å². The molecule has 0 atom stereocenters. The third-order valence-corrected chi connectivity index (χ3v) is 19.5. The summed E-state index contributed by atoms with van der Waals surface area (Å²) >= 11 is 1.90. The second kappa shape index (κ2) is 15.7. The van der Waals surface area contributed by atoms with Gasteiger partial charge in [0.2, 0.25) is 0 Å². The summed E-state index contributed by atoms with van der Waals surface area (Å²) in [5.74, 6) is 0. The molecule has 0 bridgehead atoms. The minimum atomic E-state index is -3.06. The lowest BCUT2D eigenvalue weighted by Crippen LogP contribution is -2.79. The van der Waals surface area contributed by atoms with E-state index in [1.807, 2.05) is 11.8 Å². The van der Waals surface area contributed by atoms with Gasteiger partial charge in [-0.1, -0.05) is 224 Å². The summed E-state index contributed by atoms with van der Waals surface area (Å²) in [6.45, 7) is 0. The minimum absolute atomic E-state index is 0.557. The first-order valence-electron chi connectivity index (χ1n) is 22.1. The largest absolute Gasteiger partial charge is 0.310 e. The lowest BCUT2D eigenvalue weighted by molar-refractivity contribution is 0.707. The summed E-state index contributed by atoms with van der Waals surface area (Å²) in [5.41, 5.74) is 13.0. The molecule has 302 valence electrons. The predicted octanol–water partition coefficient (Wildman–Crippen LogP) is 13.0. The normalized spacial score (nSPS) is 13.8. The van der Waals surface area contributed by atoms with Gasteiger partial charge in [-0.2, -0.15) is 0 Å². The van der Waals surface area contributed by atoms with Gasteiger partial charge in [0, 0.05) is 26.9 Å². The molecule has 12 rings (SSSR count). The monoisotopic (exact) mass is 849 g/mol. The molecule has 0 unspecified atom stereocenters. The van der Waals surface area contributed by atoms with Crippen LogP contribution < -0.4 is 25.6 Å². The maximum absolute atomic E-state index is 3.06. The first kappa shape index (κ1) is 38.3. The van der Waals surface area contributed by atoms with Crippen LogP contribution in [0.4, 0.5) is 17.1 Å². The summed E-state index contributed by atoms with van der Waals surface area (Å²) in [5, 5.41) is 5.58. The summed E-state index contributed by atoms with van der Waals surface area (Å²) < 4.78 is 0. The highest BCUT2D eigenvalue weighted by Crippen LogP contribution is 2.57. The van der Waals surface area contributed by atoms with E-state index < -0.39 is 13.5 Å². The van der Waals surface area contributed by atoms with E-state index in [-0.39, 0.29) is 0 Å². The molecule has 0 N–H and O–H groups in total. The van der Waals surface area contributed by atoms with E-state index in [1.54, 1.807) is 0 Å². The van der Waals surface area contributed by atoms with Crippen LogP contribution in [0, 0.1) is 0 Å². The van der Waals surface area contributed by atoms with E-state index in [0.29, 0.717) is 0 Å². The molecule has 2 aliphatic heterocycles. The second-order valence-corrected chi connectivity index (χ2v) is 21.6. The predicted molar refractivity (Wildman–Crippen MR) is 272 cm³/mol. The van der Waals surface area contributed by atoms with Crippen molar-refractivity contribution < 1.29 is 0 Å². The quantitative estimate of drug-likeness (QED) is 0.147. The average molecular weight is 850 g/mol. The van der Waals surface area contributed by atoms with Crippen molar-refractivity contribution in [3.63, 3.8) is 0 Å². The van der Waals surface area contributed by atoms with Gasteiger partial charge in [0.15, 0.2) is 8.07 Å². The summed E-state index contributed by atoms with van der Waals surface area (Å²) in [6, 6.07) is 97.6. The Hall–Kier alpha value is -7.43. The third-order valence-electron chi connectivity index (χ3n) is 13.5. The summed E-state index contributed by atoms with van der Waals surface area (Å²) in [4.78, 5) is 5.08. The van der Waals surface area contributed by atoms with Gasteiger partial charge in [0.1, 0.15) is 0 Å². The molecule has 0 saturated carbocycles. The van der Waals surface area contributed by atoms with Gasteiger partial charge < -0.3 is 4.90 Å². The molecule has 0 fully saturated rings. The third kappa shape index (κ3) is 5.85. The van der Waals surface area contributed by atoms with Crippen LogP contribution in [-0.4, -0.2) is 8.07 Å². The number of benzene rings is 10. The maximum Gasteiger partial charge on any atom is 0.180 e. The Kier molecular flexibility index (Phi) is 9.40. The van der Waals surface area contributed by atoms with Crippen LogP contribution >= 0.6 is 11.8 Å². The number of hydrogen-bond acceptors (Lipinski definition) is 2. The Morgan fingerprint density at radius 2 is 0.750 bits per heavy atom. The minimum Gasteiger partial charge on any atom is -0.310 e. The Morgan fingerprint density at radius 1 is 0.312 bits per heavy atom. The highest BCUT2D eigenvalue weighted by molar-refractivity contribution is 7.99. The molecule has 2 aliphatic rings. The number of hydrogen-bond donors (Lipinski definition) is 0. The molecule has 1 nitrogen and oxygen atoms in total. The fraction of sp³-hybridized carbons (Fsp3) is 0.0164. The molecule has 0 radical (unpaired) electrons. The SMILES string of the molecule is c1ccc(-c2ccc(N(c3ccccc3)c3ccc4c(c3)[Si](c3ccccc3)(c3ccccc3)c3ccccc3C43c4ccccc4Sc4ccccc43)cc2-c2ccccc2)cc1. The molecule has 3 heteroatoms. The van der Waals surface area contributed by atoms with Crippen molar-refractivity contribution in [1.29, 1.82) is 0 Å². The van der Waals surface area contributed by atoms with Crippen LogP contribution in [0.2, 0.25) is 0 Å². The van der Waals surface area contributed by atoms with Crippen LogP contribution in [0.5, 0.6) is 0 Å². The van der Waals surface area contributed by atoms with Crippen LogP contribution in [-0.2, 0) is 5.41 Å². The highest BCUT2D eigenvalue weighted by Gasteiger charge is 2.57. The van der Waals surface area contributed by atoms with E-state index >= 15 is 0 Å². The first-order chi connectivity index (χ1) is 31.8. The number of para-hydroxylation sites is 1. The smallest absolute Gasteiger partial charge is 0.180 e. The Balaban J connectivity index is 1.21. The molecular formula is C61H43NSSi. The molecule has 0 aromatic heterocycles. The highest BCUT2D eigenvalue weighted by atomic mass is 32.2. The van der Waals surface area contributed by atoms with E-state index in [0.717, 1.165) is 17.1 Å². The number of nitrogens with zero attached hydrogens (tertiary/aromatic N) is 1. The Labute approximate surface area is 381 Å². The molecule has 1 spiro atoms. The maximum atomic E-state index is 2.59. The Bertz CT molecular complexity index is 3210. The second-order valence-electron chi connectivity index (χ2n) is 16.7. The molecule has 0 aliphatic carbocycles. The lowest BCUT2D eigenvalue weighted by atomic mass is 9.64. The van der Waals surface area contributed by atoms with Crippen molar-refractivity contribution in [3.05, 3.63) is 283 Å². The fourth-order valence-electron chi connectivity index (χ4n) is 10.9. The van der Waals surface area contributed by atoms with Gasteiger partial charge in [-0.25, -0.2) is 0 Å². The number of rotatable bonds is 7. The molecule has 0 amide bonds. The van der Waals surface area contributed by atoms with Crippen molar-refractivity contribution in [3.8, 4) is 22.3 Å². The van der Waals surface area contributed by atoms with Crippen LogP contribution in [0.25, 0.3) is 22.3 Å². The summed E-state index contributed by atoms with van der Waals surface area (Å²) in [6.07, 6.45) is 0. The molecule has 64 heavy (non-hydrogen) atoms. The van der Waals surface area contributed by atoms with Crippen molar-refractivity contribution >= 4 is 57.6 Å². The molecule has 0 saturated heterocycles. The Morgan fingerprint density at radius 3 is 1.34 bits per heavy atom. The van der Waals surface area contributed by atoms with Gasteiger partial charge in [0.05, 0.1) is 5.41 Å². The van der Waals surface area contributed by atoms with Crippen molar-refractivity contribution in [1.82, 2.24) is 0 Å². The fourth-order valence-corrected chi connectivity index (χ4v) is 17.4. The van der Waals surface area contributed by atoms with E-state index in [9.17, 15) is 0 Å². The van der Waals surface area contributed by atoms with E-state index in [4.69, 9.17) is 0 Å². The molecule has 10 aromatic rings. The average Bonchev–Trinajstić information content (AvgIpc) is 3.38. The van der Waals surface area contributed by atoms with Crippen LogP contribution in [0.1, 0.15) is 22.3 Å². The van der Waals surface area contributed by atoms with Gasteiger partial charge in [-0.15, -0.1) is 0 Å². The molecular weight excluding hydrogens is 807 g/mol. The zero-order chi connectivity index (χ0) is 42.5. The van der Waals surface area contributed by atoms with Crippen LogP contribution in [0.3, 0.4) is 0 Å². The number of anilines is 3. The topological polar surface area (TPSA) is 3.24 Å². The van der Waals surface area contributed by atoms with Crippen molar-refractivity contribution in [2.45, 2.75) is 15.2 Å². The van der Waals surface area contributed by atoms with E-state index in [2.05, 4.69) is 266 Å². The number of fused-ring (bicyclic) bond motifs is 8. The van der Waals surface area contributed by atoms with Crippen molar-refractivity contribution in [2.24, 2.45) is 0 Å². The van der Waals surface area contributed by atoms with Crippen LogP contribution in [0.15, 0.2) is 271 Å². The van der Waals surface area contributed by atoms with Gasteiger partial charge in [0.25, 0.3) is 0 Å². The van der Waals surface area contributed by atoms with Gasteiger partial charge in [-0.3, -0.25) is 0 Å². The lowest BCUT2D eigenvalue weighted by Gasteiger charge is -2.52. The molecule has 10 aromatic carbocycles. The van der Waals surface area contributed by atoms with E-state index in [1.165, 1.54) is 75.0 Å². The van der Waals surface area contributed by atoms with Crippen molar-refractivity contribution in [2.75, 3.05) is 4.90 Å². The first-order valence-corrected chi connectivity index (χ1v) is 24.9. The zero-order valence-electron chi connectivity index (χ0n) is 35.2. The summed E-state index contributed by atoms with van der Waals surface area (Å²) in [7, 11) is -3.06. The standard InChI is InChI=1S/C61H43NSSi/c1-6-22-44(23-7-1)51-40-38-47(42-52(51)45-24-8-2-9-25-45)62(46-26-10-3-11-27-46)48-39-41-56-60(43-48)64(49-28-12-4-13-29-49,50-30-14-5-15-31-50)59-37-21-18-34-55(59)61(56)53-32-16-19-35-57(53)63-58-36-20-17-33-54(58)61/h1-43H. The van der Waals surface area contributed by atoms with Gasteiger partial charge in [-0.05, 0) is 114 Å². The zero-order valence-corrected chi connectivity index (χ0v) is 37.0.